The van der Waals surface area contributed by atoms with Crippen LogP contribution in [0.4, 0.5) is 46.9 Å². The summed E-state index contributed by atoms with van der Waals surface area (Å²) in [5, 5.41) is 21.8. The Labute approximate surface area is 241 Å². The van der Waals surface area contributed by atoms with E-state index in [4.69, 9.17) is 0 Å². The average molecular weight is 645 g/mol. The second-order valence-corrected chi connectivity index (χ2v) is 12.3. The summed E-state index contributed by atoms with van der Waals surface area (Å²) < 4.78 is 126. The standard InChI is InChI=1S/C26H27F7N2O7S/c1-24(2,26(31,32)33)42-23(39)34-16-5-8-21(36)20(12-16)35(10-9-15(11-22(37)38)14-3-4-14)43(40,41)17-6-7-19(27)18(13-17)25(28,29)30/h5-8,12-15,36H,3-4,9-11H2,1-2H3,(H,34,39)(H,37,38)/t15-/m0/s1. The van der Waals surface area contributed by atoms with E-state index in [1.165, 1.54) is 0 Å². The van der Waals surface area contributed by atoms with Gasteiger partial charge in [-0.1, -0.05) is 0 Å². The average Bonchev–Trinajstić information content (AvgIpc) is 3.69. The molecule has 0 unspecified atom stereocenters. The Morgan fingerprint density at radius 3 is 2.23 bits per heavy atom. The number of sulfonamides is 1. The Hall–Kier alpha value is -3.76. The van der Waals surface area contributed by atoms with Gasteiger partial charge in [0, 0.05) is 18.7 Å². The van der Waals surface area contributed by atoms with Crippen molar-refractivity contribution in [2.75, 3.05) is 16.2 Å². The fraction of sp³-hybridized carbons (Fsp3) is 0.462. The summed E-state index contributed by atoms with van der Waals surface area (Å²) in [6, 6.07) is 3.60. The van der Waals surface area contributed by atoms with Crippen molar-refractivity contribution in [3.63, 3.8) is 0 Å². The molecule has 43 heavy (non-hydrogen) atoms. The Morgan fingerprint density at radius 1 is 1.07 bits per heavy atom. The molecule has 0 bridgehead atoms. The third-order valence-electron chi connectivity index (χ3n) is 6.78. The number of aromatic hydroxyl groups is 1. The van der Waals surface area contributed by atoms with Gasteiger partial charge in [0.15, 0.2) is 0 Å². The first-order chi connectivity index (χ1) is 19.6. The zero-order valence-corrected chi connectivity index (χ0v) is 23.4. The third kappa shape index (κ3) is 8.20. The van der Waals surface area contributed by atoms with Crippen LogP contribution in [0.2, 0.25) is 0 Å². The molecule has 1 fully saturated rings. The first-order valence-electron chi connectivity index (χ1n) is 12.6. The van der Waals surface area contributed by atoms with Gasteiger partial charge in [-0.15, -0.1) is 0 Å². The molecule has 0 radical (unpaired) electrons. The van der Waals surface area contributed by atoms with Crippen molar-refractivity contribution < 1.29 is 63.7 Å². The van der Waals surface area contributed by atoms with Gasteiger partial charge in [0.1, 0.15) is 11.6 Å². The lowest BCUT2D eigenvalue weighted by Crippen LogP contribution is -2.44. The largest absolute Gasteiger partial charge is 0.506 e. The van der Waals surface area contributed by atoms with Crippen LogP contribution < -0.4 is 9.62 Å². The van der Waals surface area contributed by atoms with Crippen LogP contribution in [-0.2, 0) is 25.7 Å². The molecule has 1 amide bonds. The zero-order chi connectivity index (χ0) is 32.5. The Bertz CT molecular complexity index is 1470. The molecule has 1 aliphatic carbocycles. The first-order valence-corrected chi connectivity index (χ1v) is 14.1. The molecule has 2 aromatic carbocycles. The molecule has 0 spiro atoms. The number of carbonyl (C=O) groups excluding carboxylic acids is 1. The molecule has 2 aromatic rings. The van der Waals surface area contributed by atoms with Crippen LogP contribution >= 0.6 is 0 Å². The fourth-order valence-electron chi connectivity index (χ4n) is 4.19. The van der Waals surface area contributed by atoms with Crippen molar-refractivity contribution >= 4 is 33.5 Å². The summed E-state index contributed by atoms with van der Waals surface area (Å²) in [6.07, 6.45) is -11.0. The van der Waals surface area contributed by atoms with Crippen molar-refractivity contribution in [1.82, 2.24) is 0 Å². The molecule has 0 aliphatic heterocycles. The van der Waals surface area contributed by atoms with Gasteiger partial charge in [-0.3, -0.25) is 14.4 Å². The van der Waals surface area contributed by atoms with Gasteiger partial charge in [0.05, 0.1) is 16.1 Å². The number of carboxylic acids is 1. The van der Waals surface area contributed by atoms with Gasteiger partial charge >= 0.3 is 24.4 Å². The number of ether oxygens (including phenoxy) is 1. The SMILES string of the molecule is CC(C)(OC(=O)Nc1ccc(O)c(N(CC[C@@H](CC(=O)O)C2CC2)S(=O)(=O)c2ccc(F)c(C(F)(F)F)c2)c1)C(F)(F)F. The predicted octanol–water partition coefficient (Wildman–Crippen LogP) is 6.53. The van der Waals surface area contributed by atoms with Crippen LogP contribution in [0.15, 0.2) is 41.3 Å². The number of carboxylic acid groups (broad SMARTS) is 1. The number of carbonyl (C=O) groups is 2. The number of amides is 1. The minimum absolute atomic E-state index is 0.0586. The summed E-state index contributed by atoms with van der Waals surface area (Å²) in [6.45, 7) is 0.584. The van der Waals surface area contributed by atoms with Crippen molar-refractivity contribution in [2.45, 2.75) is 62.4 Å². The highest BCUT2D eigenvalue weighted by atomic mass is 32.2. The van der Waals surface area contributed by atoms with E-state index in [1.807, 2.05) is 5.32 Å². The zero-order valence-electron chi connectivity index (χ0n) is 22.6. The van der Waals surface area contributed by atoms with Gasteiger partial charge in [-0.25, -0.2) is 17.6 Å². The third-order valence-corrected chi connectivity index (χ3v) is 8.59. The molecule has 9 nitrogen and oxygen atoms in total. The smallest absolute Gasteiger partial charge is 0.427 e. The molecule has 3 N–H and O–H groups in total. The highest BCUT2D eigenvalue weighted by Crippen LogP contribution is 2.42. The first kappa shape index (κ1) is 33.7. The lowest BCUT2D eigenvalue weighted by atomic mass is 9.96. The molecule has 1 atom stereocenters. The van der Waals surface area contributed by atoms with Gasteiger partial charge < -0.3 is 14.9 Å². The second kappa shape index (κ2) is 12.1. The van der Waals surface area contributed by atoms with Crippen molar-refractivity contribution in [1.29, 1.82) is 0 Å². The molecule has 0 aromatic heterocycles. The van der Waals surface area contributed by atoms with E-state index in [0.29, 0.717) is 43.1 Å². The molecule has 238 valence electrons. The highest BCUT2D eigenvalue weighted by molar-refractivity contribution is 7.92. The number of rotatable bonds is 11. The van der Waals surface area contributed by atoms with Gasteiger partial charge in [0.2, 0.25) is 5.60 Å². The lowest BCUT2D eigenvalue weighted by molar-refractivity contribution is -0.242. The molecular formula is C26H27F7N2O7S. The van der Waals surface area contributed by atoms with E-state index in [0.717, 1.165) is 18.2 Å². The summed E-state index contributed by atoms with van der Waals surface area (Å²) in [4.78, 5) is 22.5. The van der Waals surface area contributed by atoms with E-state index in [9.17, 15) is 59.0 Å². The number of nitrogens with one attached hydrogen (secondary N) is 1. The van der Waals surface area contributed by atoms with Gasteiger partial charge in [0.25, 0.3) is 10.0 Å². The van der Waals surface area contributed by atoms with Crippen LogP contribution in [0.1, 0.15) is 45.1 Å². The minimum atomic E-state index is -5.27. The molecule has 0 heterocycles. The number of anilines is 2. The monoisotopic (exact) mass is 644 g/mol. The van der Waals surface area contributed by atoms with Crippen LogP contribution in [0.3, 0.4) is 0 Å². The van der Waals surface area contributed by atoms with Crippen molar-refractivity contribution in [3.05, 3.63) is 47.8 Å². The predicted molar refractivity (Wildman–Crippen MR) is 137 cm³/mol. The van der Waals surface area contributed by atoms with Crippen LogP contribution in [0, 0.1) is 17.7 Å². The molecular weight excluding hydrogens is 617 g/mol. The maximum atomic E-state index is 13.9. The van der Waals surface area contributed by atoms with Crippen LogP contribution in [-0.4, -0.2) is 49.0 Å². The minimum Gasteiger partial charge on any atom is -0.506 e. The number of benzene rings is 2. The number of aliphatic carboxylic acids is 1. The van der Waals surface area contributed by atoms with E-state index < -0.39 is 80.2 Å². The van der Waals surface area contributed by atoms with Crippen LogP contribution in [0.25, 0.3) is 0 Å². The maximum Gasteiger partial charge on any atom is 0.427 e. The summed E-state index contributed by atoms with van der Waals surface area (Å²) in [5.41, 5.74) is -5.79. The number of alkyl halides is 6. The van der Waals surface area contributed by atoms with E-state index in [1.54, 1.807) is 0 Å². The van der Waals surface area contributed by atoms with Crippen molar-refractivity contribution in [2.24, 2.45) is 11.8 Å². The second-order valence-electron chi connectivity index (χ2n) is 10.4. The number of hydrogen-bond acceptors (Lipinski definition) is 6. The number of phenols is 1. The summed E-state index contributed by atoms with van der Waals surface area (Å²) >= 11 is 0. The number of nitrogens with zero attached hydrogens (tertiary/aromatic N) is 1. The molecule has 1 aliphatic rings. The quantitative estimate of drug-likeness (QED) is 0.187. The van der Waals surface area contributed by atoms with Crippen LogP contribution in [0.5, 0.6) is 5.75 Å². The number of phenolic OH excluding ortho intramolecular Hbond substituents is 1. The number of halogens is 7. The van der Waals surface area contributed by atoms with E-state index in [-0.39, 0.29) is 30.5 Å². The molecule has 17 heteroatoms. The van der Waals surface area contributed by atoms with Crippen molar-refractivity contribution in [3.8, 4) is 5.75 Å². The number of hydrogen-bond donors (Lipinski definition) is 3. The lowest BCUT2D eigenvalue weighted by Gasteiger charge is -2.28. The molecule has 1 saturated carbocycles. The Kier molecular flexibility index (Phi) is 9.48. The molecule has 3 rings (SSSR count). The Balaban J connectivity index is 2.05. The summed E-state index contributed by atoms with van der Waals surface area (Å²) in [5.74, 6) is -4.29. The normalized spacial score (nSPS) is 15.1. The molecule has 0 saturated heterocycles. The maximum absolute atomic E-state index is 13.9. The topological polar surface area (TPSA) is 133 Å². The van der Waals surface area contributed by atoms with E-state index in [2.05, 4.69) is 4.74 Å². The van der Waals surface area contributed by atoms with Gasteiger partial charge in [-0.2, -0.15) is 26.3 Å². The Morgan fingerprint density at radius 2 is 1.70 bits per heavy atom. The summed E-state index contributed by atoms with van der Waals surface area (Å²) in [7, 11) is -5.03. The fourth-order valence-corrected chi connectivity index (χ4v) is 5.71. The van der Waals surface area contributed by atoms with E-state index >= 15 is 0 Å². The highest BCUT2D eigenvalue weighted by Gasteiger charge is 2.51. The van der Waals surface area contributed by atoms with Gasteiger partial charge in [-0.05, 0) is 81.3 Å².